The van der Waals surface area contributed by atoms with Crippen molar-refractivity contribution in [2.45, 2.75) is 69.6 Å². The SMILES string of the molecule is CC(=O)O.NC1=NN=C(N2CCC(N3C[C@H](CN4CCC(F)(F)CC4)OC[C@@H]3Cc3ccc(Cl)cc3)CC2)C1. The van der Waals surface area contributed by atoms with Crippen LogP contribution < -0.4 is 5.73 Å². The lowest BCUT2D eigenvalue weighted by molar-refractivity contribution is -0.134. The number of halogens is 3. The van der Waals surface area contributed by atoms with Gasteiger partial charge in [0.05, 0.1) is 19.1 Å². The number of nitrogens with two attached hydrogens (primary N) is 1. The van der Waals surface area contributed by atoms with Gasteiger partial charge in [-0.2, -0.15) is 0 Å². The molecule has 0 unspecified atom stereocenters. The molecule has 0 saturated carbocycles. The molecule has 0 spiro atoms. The summed E-state index contributed by atoms with van der Waals surface area (Å²) in [6.07, 6.45) is 3.54. The molecule has 1 aromatic carbocycles. The summed E-state index contributed by atoms with van der Waals surface area (Å²) in [5, 5.41) is 16.4. The second-order valence-corrected chi connectivity index (χ2v) is 11.3. The minimum Gasteiger partial charge on any atom is -0.481 e. The molecule has 39 heavy (non-hydrogen) atoms. The minimum absolute atomic E-state index is 0.0358. The van der Waals surface area contributed by atoms with Crippen LogP contribution in [-0.2, 0) is 16.0 Å². The van der Waals surface area contributed by atoms with E-state index in [2.05, 4.69) is 37.0 Å². The average Bonchev–Trinajstić information content (AvgIpc) is 3.33. The Morgan fingerprint density at radius 2 is 1.79 bits per heavy atom. The van der Waals surface area contributed by atoms with E-state index in [4.69, 9.17) is 32.0 Å². The van der Waals surface area contributed by atoms with Crippen LogP contribution in [0.15, 0.2) is 34.5 Å². The van der Waals surface area contributed by atoms with E-state index in [0.717, 1.165) is 56.7 Å². The molecule has 12 heteroatoms. The van der Waals surface area contributed by atoms with Gasteiger partial charge >= 0.3 is 0 Å². The fourth-order valence-electron chi connectivity index (χ4n) is 5.74. The third-order valence-corrected chi connectivity index (χ3v) is 8.03. The Labute approximate surface area is 233 Å². The Hall–Kier alpha value is -2.34. The summed E-state index contributed by atoms with van der Waals surface area (Å²) in [6, 6.07) is 8.78. The van der Waals surface area contributed by atoms with E-state index in [1.54, 1.807) is 0 Å². The lowest BCUT2D eigenvalue weighted by Gasteiger charge is -2.48. The van der Waals surface area contributed by atoms with Crippen molar-refractivity contribution < 1.29 is 23.4 Å². The van der Waals surface area contributed by atoms with E-state index in [9.17, 15) is 8.78 Å². The molecule has 5 rings (SSSR count). The van der Waals surface area contributed by atoms with Gasteiger partial charge in [0.15, 0.2) is 0 Å². The van der Waals surface area contributed by atoms with Crippen molar-refractivity contribution in [2.75, 3.05) is 45.9 Å². The molecule has 3 saturated heterocycles. The van der Waals surface area contributed by atoms with E-state index in [0.29, 0.717) is 44.5 Å². The largest absolute Gasteiger partial charge is 0.481 e. The van der Waals surface area contributed by atoms with E-state index in [1.165, 1.54) is 5.56 Å². The van der Waals surface area contributed by atoms with Crippen LogP contribution in [0.1, 0.15) is 44.6 Å². The third-order valence-electron chi connectivity index (χ3n) is 7.77. The topological polar surface area (TPSA) is 107 Å². The maximum absolute atomic E-state index is 13.6. The van der Waals surface area contributed by atoms with Gasteiger partial charge in [-0.3, -0.25) is 9.69 Å². The van der Waals surface area contributed by atoms with Gasteiger partial charge < -0.3 is 25.4 Å². The number of aliphatic carboxylic acids is 1. The predicted octanol–water partition coefficient (Wildman–Crippen LogP) is 3.31. The zero-order chi connectivity index (χ0) is 28.0. The quantitative estimate of drug-likeness (QED) is 0.561. The molecule has 4 heterocycles. The number of morpholine rings is 1. The van der Waals surface area contributed by atoms with Gasteiger partial charge in [0.25, 0.3) is 11.9 Å². The number of nitrogens with zero attached hydrogens (tertiary/aromatic N) is 5. The van der Waals surface area contributed by atoms with E-state index >= 15 is 0 Å². The number of carboxylic acid groups (broad SMARTS) is 1. The molecule has 3 N–H and O–H groups in total. The molecule has 4 aliphatic rings. The van der Waals surface area contributed by atoms with Crippen LogP contribution in [-0.4, -0.2) is 107 Å². The number of rotatable bonds is 5. The van der Waals surface area contributed by atoms with Crippen LogP contribution >= 0.6 is 11.6 Å². The first-order valence-corrected chi connectivity index (χ1v) is 14.0. The molecule has 0 aromatic heterocycles. The Balaban J connectivity index is 0.000000826. The van der Waals surface area contributed by atoms with Crippen LogP contribution in [0.2, 0.25) is 5.02 Å². The number of amidine groups is 2. The van der Waals surface area contributed by atoms with Gasteiger partial charge in [0.1, 0.15) is 11.7 Å². The smallest absolute Gasteiger partial charge is 0.300 e. The van der Waals surface area contributed by atoms with E-state index in [-0.39, 0.29) is 25.0 Å². The van der Waals surface area contributed by atoms with Crippen molar-refractivity contribution in [3.05, 3.63) is 34.9 Å². The Bertz CT molecular complexity index is 1020. The molecule has 4 aliphatic heterocycles. The summed E-state index contributed by atoms with van der Waals surface area (Å²) in [4.78, 5) is 16.1. The van der Waals surface area contributed by atoms with Gasteiger partial charge in [-0.15, -0.1) is 10.2 Å². The number of alkyl halides is 2. The summed E-state index contributed by atoms with van der Waals surface area (Å²) >= 11 is 6.09. The molecular formula is C27H39ClF2N6O3. The number of hydrogen-bond donors (Lipinski definition) is 2. The zero-order valence-electron chi connectivity index (χ0n) is 22.4. The molecule has 0 amide bonds. The maximum atomic E-state index is 13.6. The zero-order valence-corrected chi connectivity index (χ0v) is 23.2. The molecule has 0 bridgehead atoms. The number of piperidine rings is 2. The highest BCUT2D eigenvalue weighted by Gasteiger charge is 2.39. The lowest BCUT2D eigenvalue weighted by Crippen LogP contribution is -2.59. The van der Waals surface area contributed by atoms with Crippen molar-refractivity contribution in [3.63, 3.8) is 0 Å². The molecule has 0 aliphatic carbocycles. The number of carboxylic acids is 1. The van der Waals surface area contributed by atoms with Crippen molar-refractivity contribution in [3.8, 4) is 0 Å². The van der Waals surface area contributed by atoms with Crippen LogP contribution in [0.4, 0.5) is 8.78 Å². The second kappa shape index (κ2) is 13.3. The highest BCUT2D eigenvalue weighted by molar-refractivity contribution is 6.30. The van der Waals surface area contributed by atoms with Gasteiger partial charge in [-0.25, -0.2) is 8.78 Å². The van der Waals surface area contributed by atoms with Gasteiger partial charge in [-0.1, -0.05) is 23.7 Å². The number of hydrogen-bond acceptors (Lipinski definition) is 8. The van der Waals surface area contributed by atoms with Crippen molar-refractivity contribution >= 4 is 29.2 Å². The van der Waals surface area contributed by atoms with Gasteiger partial charge in [0.2, 0.25) is 0 Å². The second-order valence-electron chi connectivity index (χ2n) is 10.8. The van der Waals surface area contributed by atoms with Crippen molar-refractivity contribution in [1.82, 2.24) is 14.7 Å². The summed E-state index contributed by atoms with van der Waals surface area (Å²) < 4.78 is 33.5. The van der Waals surface area contributed by atoms with Crippen molar-refractivity contribution in [1.29, 1.82) is 0 Å². The van der Waals surface area contributed by atoms with Crippen LogP contribution in [0.5, 0.6) is 0 Å². The van der Waals surface area contributed by atoms with Crippen LogP contribution in [0, 0.1) is 0 Å². The van der Waals surface area contributed by atoms with E-state index < -0.39 is 11.9 Å². The summed E-state index contributed by atoms with van der Waals surface area (Å²) in [5.41, 5.74) is 7.06. The van der Waals surface area contributed by atoms with Gasteiger partial charge in [-0.05, 0) is 37.0 Å². The van der Waals surface area contributed by atoms with E-state index in [1.807, 2.05) is 12.1 Å². The highest BCUT2D eigenvalue weighted by Crippen LogP contribution is 2.30. The average molecular weight is 569 g/mol. The Morgan fingerprint density at radius 3 is 2.38 bits per heavy atom. The maximum Gasteiger partial charge on any atom is 0.300 e. The first-order valence-electron chi connectivity index (χ1n) is 13.6. The van der Waals surface area contributed by atoms with Crippen molar-refractivity contribution in [2.24, 2.45) is 15.9 Å². The molecular weight excluding hydrogens is 530 g/mol. The standard InChI is InChI=1S/C25H35ClF2N6O.C2H4O2/c26-19-3-1-18(2-4-19)13-21-17-35-22(15-32-11-7-25(27,28)8-12-32)16-34(21)20-5-9-33(10-6-20)24-14-23(29)30-31-24;1-2(3)4/h1-4,20-22H,5-17H2,(H2,29,30);1H3,(H,3,4)/t21-,22-;/m0./s1. The molecule has 0 radical (unpaired) electrons. The molecule has 3 fully saturated rings. The molecule has 1 aromatic rings. The fourth-order valence-corrected chi connectivity index (χ4v) is 5.87. The number of benzene rings is 1. The monoisotopic (exact) mass is 568 g/mol. The number of ether oxygens (including phenoxy) is 1. The minimum atomic E-state index is -2.52. The van der Waals surface area contributed by atoms with Gasteiger partial charge in [0, 0.05) is 76.1 Å². The van der Waals surface area contributed by atoms with Crippen LogP contribution in [0.3, 0.4) is 0 Å². The summed E-state index contributed by atoms with van der Waals surface area (Å²) in [5.74, 6) is -1.80. The molecule has 2 atom stereocenters. The third kappa shape index (κ3) is 8.83. The number of carbonyl (C=O) groups is 1. The highest BCUT2D eigenvalue weighted by atomic mass is 35.5. The first-order chi connectivity index (χ1) is 18.6. The molecule has 216 valence electrons. The van der Waals surface area contributed by atoms with Crippen LogP contribution in [0.25, 0.3) is 0 Å². The Kier molecular flexibility index (Phi) is 10.1. The summed E-state index contributed by atoms with van der Waals surface area (Å²) in [6.45, 7) is 6.01. The normalized spacial score (nSPS) is 26.4. The first kappa shape index (κ1) is 29.6. The predicted molar refractivity (Wildman–Crippen MR) is 148 cm³/mol. The Morgan fingerprint density at radius 1 is 1.15 bits per heavy atom. The fraction of sp³-hybridized carbons (Fsp3) is 0.667. The summed E-state index contributed by atoms with van der Waals surface area (Å²) in [7, 11) is 0. The number of likely N-dealkylation sites (tertiary alicyclic amines) is 2. The lowest BCUT2D eigenvalue weighted by atomic mass is 9.95. The molecule has 9 nitrogen and oxygen atoms in total.